The van der Waals surface area contributed by atoms with E-state index in [9.17, 15) is 4.79 Å². The van der Waals surface area contributed by atoms with Crippen LogP contribution in [0, 0.1) is 0 Å². The maximum Gasteiger partial charge on any atom is 0.256 e. The van der Waals surface area contributed by atoms with Crippen LogP contribution in [-0.2, 0) is 9.47 Å². The molecule has 22 heavy (non-hydrogen) atoms. The zero-order chi connectivity index (χ0) is 15.6. The molecule has 5 heteroatoms. The first-order valence-corrected chi connectivity index (χ1v) is 7.95. The van der Waals surface area contributed by atoms with Crippen LogP contribution in [0.2, 0.25) is 0 Å². The van der Waals surface area contributed by atoms with Gasteiger partial charge in [-0.3, -0.25) is 4.79 Å². The molecule has 0 aliphatic carbocycles. The number of morpholine rings is 1. The van der Waals surface area contributed by atoms with Gasteiger partial charge >= 0.3 is 0 Å². The number of carbonyl (C=O) groups is 1. The molecule has 2 saturated heterocycles. The van der Waals surface area contributed by atoms with Gasteiger partial charge in [-0.2, -0.15) is 0 Å². The van der Waals surface area contributed by atoms with E-state index in [-0.39, 0.29) is 17.6 Å². The van der Waals surface area contributed by atoms with E-state index in [1.807, 2.05) is 43.1 Å². The average molecular weight is 304 g/mol. The summed E-state index contributed by atoms with van der Waals surface area (Å²) in [5.41, 5.74) is 1.24. The Labute approximate surface area is 131 Å². The number of para-hydroxylation sites is 1. The zero-order valence-corrected chi connectivity index (χ0v) is 13.3. The van der Waals surface area contributed by atoms with Gasteiger partial charge in [-0.05, 0) is 31.9 Å². The topological polar surface area (TPSA) is 50.8 Å². The van der Waals surface area contributed by atoms with Crippen LogP contribution in [-0.4, -0.2) is 55.9 Å². The fourth-order valence-electron chi connectivity index (χ4n) is 3.48. The molecule has 1 aromatic rings. The standard InChI is InChI=1S/C17H24N2O3/c1-13-10-19(11-17(22-13)8-5-9-21-12-17)16(20)14-6-3-4-7-15(14)18-2/h3-4,6-7,13,18H,5,8-12H2,1-2H3/t13-,17-/m1/s1. The molecule has 1 amide bonds. The molecule has 1 spiro atoms. The van der Waals surface area contributed by atoms with E-state index in [1.54, 1.807) is 0 Å². The summed E-state index contributed by atoms with van der Waals surface area (Å²) < 4.78 is 11.8. The minimum atomic E-state index is -0.333. The van der Waals surface area contributed by atoms with E-state index >= 15 is 0 Å². The number of anilines is 1. The molecule has 0 radical (unpaired) electrons. The summed E-state index contributed by atoms with van der Waals surface area (Å²) in [5, 5.41) is 3.09. The number of hydrogen-bond donors (Lipinski definition) is 1. The Bertz CT molecular complexity index is 540. The molecule has 0 bridgehead atoms. The van der Waals surface area contributed by atoms with Crippen LogP contribution in [0.25, 0.3) is 0 Å². The molecule has 1 aromatic carbocycles. The highest BCUT2D eigenvalue weighted by atomic mass is 16.6. The van der Waals surface area contributed by atoms with E-state index in [4.69, 9.17) is 9.47 Å². The molecule has 1 N–H and O–H groups in total. The highest BCUT2D eigenvalue weighted by Gasteiger charge is 2.42. The van der Waals surface area contributed by atoms with Crippen LogP contribution in [0.1, 0.15) is 30.1 Å². The van der Waals surface area contributed by atoms with Gasteiger partial charge in [0.15, 0.2) is 0 Å². The average Bonchev–Trinajstić information content (AvgIpc) is 2.54. The summed E-state index contributed by atoms with van der Waals surface area (Å²) in [5.74, 6) is 0.0602. The van der Waals surface area contributed by atoms with Gasteiger partial charge < -0.3 is 19.7 Å². The molecule has 0 saturated carbocycles. The van der Waals surface area contributed by atoms with Gasteiger partial charge in [-0.15, -0.1) is 0 Å². The van der Waals surface area contributed by atoms with Crippen molar-refractivity contribution < 1.29 is 14.3 Å². The first-order chi connectivity index (χ1) is 10.6. The molecule has 5 nitrogen and oxygen atoms in total. The lowest BCUT2D eigenvalue weighted by molar-refractivity contribution is -0.188. The van der Waals surface area contributed by atoms with Crippen LogP contribution in [0.5, 0.6) is 0 Å². The zero-order valence-electron chi connectivity index (χ0n) is 13.3. The Hall–Kier alpha value is -1.59. The van der Waals surface area contributed by atoms with Crippen LogP contribution < -0.4 is 5.32 Å². The summed E-state index contributed by atoms with van der Waals surface area (Å²) in [6.07, 6.45) is 1.97. The number of nitrogens with zero attached hydrogens (tertiary/aromatic N) is 1. The van der Waals surface area contributed by atoms with E-state index in [1.165, 1.54) is 0 Å². The van der Waals surface area contributed by atoms with Crippen molar-refractivity contribution in [3.63, 3.8) is 0 Å². The summed E-state index contributed by atoms with van der Waals surface area (Å²) in [6, 6.07) is 7.63. The summed E-state index contributed by atoms with van der Waals surface area (Å²) in [6.45, 7) is 4.62. The normalized spacial score (nSPS) is 28.6. The lowest BCUT2D eigenvalue weighted by Gasteiger charge is -2.47. The monoisotopic (exact) mass is 304 g/mol. The highest BCUT2D eigenvalue weighted by molar-refractivity contribution is 5.99. The first kappa shape index (κ1) is 15.3. The Morgan fingerprint density at radius 2 is 2.23 bits per heavy atom. The van der Waals surface area contributed by atoms with Gasteiger partial charge in [0.2, 0.25) is 0 Å². The number of benzene rings is 1. The van der Waals surface area contributed by atoms with Crippen molar-refractivity contribution in [1.82, 2.24) is 4.90 Å². The number of ether oxygens (including phenoxy) is 2. The van der Waals surface area contributed by atoms with Gasteiger partial charge in [-0.1, -0.05) is 12.1 Å². The lowest BCUT2D eigenvalue weighted by Crippen LogP contribution is -2.59. The predicted octanol–water partition coefficient (Wildman–Crippen LogP) is 2.14. The van der Waals surface area contributed by atoms with E-state index < -0.39 is 0 Å². The van der Waals surface area contributed by atoms with Gasteiger partial charge in [0.25, 0.3) is 5.91 Å². The van der Waals surface area contributed by atoms with E-state index in [0.29, 0.717) is 25.3 Å². The summed E-state index contributed by atoms with van der Waals surface area (Å²) in [4.78, 5) is 14.9. The predicted molar refractivity (Wildman–Crippen MR) is 85.2 cm³/mol. The van der Waals surface area contributed by atoms with Crippen molar-refractivity contribution in [3.05, 3.63) is 29.8 Å². The smallest absolute Gasteiger partial charge is 0.256 e. The maximum absolute atomic E-state index is 12.9. The van der Waals surface area contributed by atoms with Gasteiger partial charge in [-0.25, -0.2) is 0 Å². The molecule has 3 rings (SSSR count). The minimum Gasteiger partial charge on any atom is -0.387 e. The van der Waals surface area contributed by atoms with E-state index in [0.717, 1.165) is 25.1 Å². The van der Waals surface area contributed by atoms with Crippen molar-refractivity contribution in [2.75, 3.05) is 38.7 Å². The molecule has 2 atom stereocenters. The third kappa shape index (κ3) is 2.96. The molecule has 0 aromatic heterocycles. The number of carbonyl (C=O) groups excluding carboxylic acids is 1. The highest BCUT2D eigenvalue weighted by Crippen LogP contribution is 2.31. The number of rotatable bonds is 2. The van der Waals surface area contributed by atoms with E-state index in [2.05, 4.69) is 5.32 Å². The quantitative estimate of drug-likeness (QED) is 0.909. The molecule has 0 unspecified atom stereocenters. The fraction of sp³-hybridized carbons (Fsp3) is 0.588. The minimum absolute atomic E-state index is 0.0288. The number of nitrogens with one attached hydrogen (secondary N) is 1. The molecular weight excluding hydrogens is 280 g/mol. The summed E-state index contributed by atoms with van der Waals surface area (Å²) in [7, 11) is 1.84. The third-order valence-electron chi connectivity index (χ3n) is 4.41. The van der Waals surface area contributed by atoms with Gasteiger partial charge in [0.1, 0.15) is 5.60 Å². The second kappa shape index (κ2) is 6.26. The summed E-state index contributed by atoms with van der Waals surface area (Å²) >= 11 is 0. The molecule has 2 fully saturated rings. The van der Waals surface area contributed by atoms with Crippen LogP contribution in [0.3, 0.4) is 0 Å². The SMILES string of the molecule is CNc1ccccc1C(=O)N1C[C@@H](C)O[C@]2(CCCOC2)C1. The van der Waals surface area contributed by atoms with Crippen molar-refractivity contribution >= 4 is 11.6 Å². The van der Waals surface area contributed by atoms with Crippen molar-refractivity contribution in [3.8, 4) is 0 Å². The Kier molecular flexibility index (Phi) is 4.36. The Balaban J connectivity index is 1.82. The molecule has 2 aliphatic rings. The maximum atomic E-state index is 12.9. The van der Waals surface area contributed by atoms with Crippen LogP contribution >= 0.6 is 0 Å². The molecule has 2 heterocycles. The lowest BCUT2D eigenvalue weighted by atomic mass is 9.93. The molecular formula is C17H24N2O3. The molecule has 120 valence electrons. The van der Waals surface area contributed by atoms with Crippen molar-refractivity contribution in [2.45, 2.75) is 31.5 Å². The van der Waals surface area contributed by atoms with Crippen molar-refractivity contribution in [2.24, 2.45) is 0 Å². The van der Waals surface area contributed by atoms with Crippen LogP contribution in [0.15, 0.2) is 24.3 Å². The van der Waals surface area contributed by atoms with Gasteiger partial charge in [0, 0.05) is 25.9 Å². The number of hydrogen-bond acceptors (Lipinski definition) is 4. The number of amides is 1. The largest absolute Gasteiger partial charge is 0.387 e. The third-order valence-corrected chi connectivity index (χ3v) is 4.41. The van der Waals surface area contributed by atoms with Crippen molar-refractivity contribution in [1.29, 1.82) is 0 Å². The second-order valence-electron chi connectivity index (χ2n) is 6.25. The Morgan fingerprint density at radius 3 is 2.95 bits per heavy atom. The first-order valence-electron chi connectivity index (χ1n) is 7.95. The molecule has 2 aliphatic heterocycles. The van der Waals surface area contributed by atoms with Gasteiger partial charge in [0.05, 0.1) is 24.8 Å². The Morgan fingerprint density at radius 1 is 1.41 bits per heavy atom. The fourth-order valence-corrected chi connectivity index (χ4v) is 3.48. The van der Waals surface area contributed by atoms with Crippen LogP contribution in [0.4, 0.5) is 5.69 Å². The second-order valence-corrected chi connectivity index (χ2v) is 6.25.